The van der Waals surface area contributed by atoms with Gasteiger partial charge < -0.3 is 0 Å². The minimum atomic E-state index is -0.270. The first kappa shape index (κ1) is 15.1. The van der Waals surface area contributed by atoms with E-state index in [1.807, 2.05) is 76.9 Å². The summed E-state index contributed by atoms with van der Waals surface area (Å²) in [6, 6.07) is 17.4. The first-order valence-corrected chi connectivity index (χ1v) is 8.43. The SMILES string of the molecule is CC(C[TeH])c1ccc(C(=O)OCc2ccccc2)cc1. The van der Waals surface area contributed by atoms with Gasteiger partial charge in [-0.25, -0.2) is 0 Å². The summed E-state index contributed by atoms with van der Waals surface area (Å²) in [4.78, 5) is 11.9. The molecule has 0 bridgehead atoms. The van der Waals surface area contributed by atoms with Crippen molar-refractivity contribution in [1.82, 2.24) is 0 Å². The molecular formula is C17H18O2Te. The van der Waals surface area contributed by atoms with E-state index in [0.717, 1.165) is 10.0 Å². The summed E-state index contributed by atoms with van der Waals surface area (Å²) >= 11 is 1.81. The van der Waals surface area contributed by atoms with Gasteiger partial charge in [-0.15, -0.1) is 0 Å². The van der Waals surface area contributed by atoms with Crippen LogP contribution in [0.3, 0.4) is 0 Å². The van der Waals surface area contributed by atoms with Gasteiger partial charge >= 0.3 is 127 Å². The average molecular weight is 382 g/mol. The number of hydrogen-bond donors (Lipinski definition) is 0. The Bertz CT molecular complexity index is 549. The number of carbonyl (C=O) groups is 1. The van der Waals surface area contributed by atoms with Crippen LogP contribution in [-0.4, -0.2) is 28.3 Å². The van der Waals surface area contributed by atoms with E-state index in [2.05, 4.69) is 6.92 Å². The number of benzene rings is 2. The minimum absolute atomic E-state index is 0.270. The zero-order valence-electron chi connectivity index (χ0n) is 11.5. The second-order valence-corrected chi connectivity index (χ2v) is 5.81. The number of hydrogen-bond acceptors (Lipinski definition) is 2. The van der Waals surface area contributed by atoms with Gasteiger partial charge in [-0.2, -0.15) is 0 Å². The van der Waals surface area contributed by atoms with Crippen molar-refractivity contribution in [3.05, 3.63) is 71.3 Å². The van der Waals surface area contributed by atoms with E-state index in [-0.39, 0.29) is 5.97 Å². The average Bonchev–Trinajstić information content (AvgIpc) is 2.53. The van der Waals surface area contributed by atoms with Crippen molar-refractivity contribution in [3.8, 4) is 0 Å². The third kappa shape index (κ3) is 4.10. The van der Waals surface area contributed by atoms with Crippen LogP contribution in [0.5, 0.6) is 0 Å². The summed E-state index contributed by atoms with van der Waals surface area (Å²) in [7, 11) is 0. The Balaban J connectivity index is 1.96. The van der Waals surface area contributed by atoms with E-state index in [1.54, 1.807) is 0 Å². The Morgan fingerprint density at radius 2 is 1.75 bits per heavy atom. The molecule has 1 atom stereocenters. The molecule has 0 saturated carbocycles. The zero-order chi connectivity index (χ0) is 14.4. The molecule has 1 unspecified atom stereocenters. The normalized spacial score (nSPS) is 11.9. The topological polar surface area (TPSA) is 26.3 Å². The second kappa shape index (κ2) is 7.47. The first-order valence-electron chi connectivity index (χ1n) is 6.62. The first-order chi connectivity index (χ1) is 9.70. The molecule has 0 saturated heterocycles. The van der Waals surface area contributed by atoms with Crippen LogP contribution in [0.1, 0.15) is 34.3 Å². The number of carbonyl (C=O) groups excluding carboxylic acids is 1. The van der Waals surface area contributed by atoms with E-state index in [9.17, 15) is 4.79 Å². The summed E-state index contributed by atoms with van der Waals surface area (Å²) in [5, 5.41) is 0. The molecule has 0 amide bonds. The molecule has 20 heavy (non-hydrogen) atoms. The van der Waals surface area contributed by atoms with Crippen molar-refractivity contribution >= 4 is 28.3 Å². The summed E-state index contributed by atoms with van der Waals surface area (Å²) in [5.41, 5.74) is 2.88. The Morgan fingerprint density at radius 3 is 2.35 bits per heavy atom. The van der Waals surface area contributed by atoms with Gasteiger partial charge in [-0.3, -0.25) is 0 Å². The molecule has 2 rings (SSSR count). The molecule has 0 aromatic heterocycles. The molecule has 0 aliphatic carbocycles. The Labute approximate surface area is 133 Å². The molecule has 2 aromatic rings. The van der Waals surface area contributed by atoms with Gasteiger partial charge in [0.05, 0.1) is 0 Å². The zero-order valence-corrected chi connectivity index (χ0v) is 14.0. The molecule has 104 valence electrons. The van der Waals surface area contributed by atoms with E-state index in [0.29, 0.717) is 18.1 Å². The van der Waals surface area contributed by atoms with Crippen molar-refractivity contribution in [2.75, 3.05) is 0 Å². The second-order valence-electron chi connectivity index (χ2n) is 4.77. The molecule has 0 aliphatic rings. The van der Waals surface area contributed by atoms with Gasteiger partial charge in [0.15, 0.2) is 0 Å². The molecule has 3 heteroatoms. The maximum atomic E-state index is 11.9. The van der Waals surface area contributed by atoms with Crippen LogP contribution in [-0.2, 0) is 11.3 Å². The summed E-state index contributed by atoms with van der Waals surface area (Å²) in [6.07, 6.45) is 0. The van der Waals surface area contributed by atoms with Gasteiger partial charge in [-0.05, 0) is 0 Å². The fourth-order valence-electron chi connectivity index (χ4n) is 1.86. The van der Waals surface area contributed by atoms with Crippen LogP contribution in [0.25, 0.3) is 0 Å². The van der Waals surface area contributed by atoms with Crippen LogP contribution >= 0.6 is 0 Å². The quantitative estimate of drug-likeness (QED) is 0.585. The summed E-state index contributed by atoms with van der Waals surface area (Å²) in [6.45, 7) is 2.51. The van der Waals surface area contributed by atoms with Crippen LogP contribution in [0.2, 0.25) is 4.47 Å². The Kier molecular flexibility index (Phi) is 5.64. The predicted molar refractivity (Wildman–Crippen MR) is 82.4 cm³/mol. The van der Waals surface area contributed by atoms with Crippen LogP contribution < -0.4 is 0 Å². The third-order valence-electron chi connectivity index (χ3n) is 3.20. The summed E-state index contributed by atoms with van der Waals surface area (Å²) in [5.74, 6) is 0.270. The molecule has 2 aromatic carbocycles. The molecule has 0 heterocycles. The van der Waals surface area contributed by atoms with Crippen molar-refractivity contribution in [2.24, 2.45) is 0 Å². The van der Waals surface area contributed by atoms with E-state index in [1.165, 1.54) is 5.56 Å². The predicted octanol–water partition coefficient (Wildman–Crippen LogP) is 3.47. The number of esters is 1. The van der Waals surface area contributed by atoms with Crippen molar-refractivity contribution in [2.45, 2.75) is 23.9 Å². The van der Waals surface area contributed by atoms with Crippen LogP contribution in [0.15, 0.2) is 54.6 Å². The van der Waals surface area contributed by atoms with Crippen molar-refractivity contribution in [1.29, 1.82) is 0 Å². The fourth-order valence-corrected chi connectivity index (χ4v) is 2.46. The third-order valence-corrected chi connectivity index (χ3v) is 4.77. The van der Waals surface area contributed by atoms with Gasteiger partial charge in [-0.1, -0.05) is 6.07 Å². The van der Waals surface area contributed by atoms with E-state index >= 15 is 0 Å². The monoisotopic (exact) mass is 384 g/mol. The van der Waals surface area contributed by atoms with Gasteiger partial charge in [0.25, 0.3) is 0 Å². The molecule has 2 nitrogen and oxygen atoms in total. The molecular weight excluding hydrogens is 364 g/mol. The maximum absolute atomic E-state index is 11.9. The Hall–Kier alpha value is -1.30. The molecule has 0 fully saturated rings. The Morgan fingerprint density at radius 1 is 1.10 bits per heavy atom. The molecule has 0 radical (unpaired) electrons. The number of ether oxygens (including phenoxy) is 1. The molecule has 0 N–H and O–H groups in total. The van der Waals surface area contributed by atoms with Crippen molar-refractivity contribution < 1.29 is 9.53 Å². The number of rotatable bonds is 5. The van der Waals surface area contributed by atoms with Gasteiger partial charge in [0, 0.05) is 0 Å². The van der Waals surface area contributed by atoms with Crippen molar-refractivity contribution in [3.63, 3.8) is 0 Å². The van der Waals surface area contributed by atoms with E-state index in [4.69, 9.17) is 4.74 Å². The van der Waals surface area contributed by atoms with Crippen LogP contribution in [0, 0.1) is 0 Å². The van der Waals surface area contributed by atoms with Gasteiger partial charge in [0.2, 0.25) is 0 Å². The van der Waals surface area contributed by atoms with Gasteiger partial charge in [0.1, 0.15) is 0 Å². The fraction of sp³-hybridized carbons (Fsp3) is 0.235. The van der Waals surface area contributed by atoms with E-state index < -0.39 is 0 Å². The standard InChI is InChI=1S/C17H18O2Te/c1-13(12-20)15-7-9-16(10-8-15)17(18)19-11-14-5-3-2-4-6-14/h2-10,13,20H,11-12H2,1H3. The molecule has 0 spiro atoms. The summed E-state index contributed by atoms with van der Waals surface area (Å²) < 4.78 is 6.45. The molecule has 0 aliphatic heterocycles. The van der Waals surface area contributed by atoms with Crippen LogP contribution in [0.4, 0.5) is 0 Å².